The molecule has 0 aliphatic carbocycles. The molecule has 0 aromatic heterocycles. The van der Waals surface area contributed by atoms with Crippen molar-refractivity contribution in [2.24, 2.45) is 0 Å². The van der Waals surface area contributed by atoms with Crippen LogP contribution in [-0.4, -0.2) is 94.2 Å². The fraction of sp³-hybridized carbons (Fsp3) is 0.462. The first-order valence-electron chi connectivity index (χ1n) is 12.2. The van der Waals surface area contributed by atoms with Crippen LogP contribution in [-0.2, 0) is 9.59 Å². The SMILES string of the molecule is COc1ccccc1N1CCN(C(=O)C2CN(CC(=O)N3CCNCC3)c3cc(Cl)ccc32)CC1.Cl. The number of anilines is 2. The lowest BCUT2D eigenvalue weighted by molar-refractivity contribution is -0.133. The van der Waals surface area contributed by atoms with Crippen molar-refractivity contribution in [2.75, 3.05) is 82.4 Å². The van der Waals surface area contributed by atoms with Gasteiger partial charge in [-0.3, -0.25) is 9.59 Å². The number of amides is 2. The van der Waals surface area contributed by atoms with Crippen LogP contribution in [0.4, 0.5) is 11.4 Å². The Bertz CT molecular complexity index is 1090. The van der Waals surface area contributed by atoms with Crippen molar-refractivity contribution in [3.8, 4) is 5.75 Å². The molecule has 10 heteroatoms. The van der Waals surface area contributed by atoms with Crippen molar-refractivity contribution < 1.29 is 14.3 Å². The third-order valence-electron chi connectivity index (χ3n) is 7.22. The number of carbonyl (C=O) groups is 2. The van der Waals surface area contributed by atoms with Crippen LogP contribution in [0, 0.1) is 0 Å². The lowest BCUT2D eigenvalue weighted by Gasteiger charge is -2.37. The maximum absolute atomic E-state index is 13.7. The fourth-order valence-electron chi connectivity index (χ4n) is 5.32. The molecule has 0 radical (unpaired) electrons. The van der Waals surface area contributed by atoms with E-state index in [9.17, 15) is 9.59 Å². The molecule has 3 heterocycles. The first-order chi connectivity index (χ1) is 17.0. The van der Waals surface area contributed by atoms with Gasteiger partial charge in [0, 0.05) is 69.6 Å². The predicted octanol–water partition coefficient (Wildman–Crippen LogP) is 2.45. The summed E-state index contributed by atoms with van der Waals surface area (Å²) in [5.41, 5.74) is 2.91. The molecule has 1 unspecified atom stereocenters. The van der Waals surface area contributed by atoms with E-state index in [4.69, 9.17) is 16.3 Å². The molecule has 3 aliphatic heterocycles. The number of nitrogens with zero attached hydrogens (tertiary/aromatic N) is 4. The number of rotatable bonds is 5. The van der Waals surface area contributed by atoms with Gasteiger partial charge in [0.2, 0.25) is 11.8 Å². The zero-order valence-corrected chi connectivity index (χ0v) is 22.1. The maximum Gasteiger partial charge on any atom is 0.242 e. The van der Waals surface area contributed by atoms with Gasteiger partial charge in [0.05, 0.1) is 25.3 Å². The first-order valence-corrected chi connectivity index (χ1v) is 12.6. The number of piperazine rings is 2. The van der Waals surface area contributed by atoms with Crippen LogP contribution in [0.15, 0.2) is 42.5 Å². The van der Waals surface area contributed by atoms with Crippen LogP contribution in [0.5, 0.6) is 5.75 Å². The summed E-state index contributed by atoms with van der Waals surface area (Å²) in [4.78, 5) is 34.8. The molecule has 2 saturated heterocycles. The summed E-state index contributed by atoms with van der Waals surface area (Å²) in [5.74, 6) is 0.760. The zero-order chi connectivity index (χ0) is 24.4. The van der Waals surface area contributed by atoms with E-state index in [1.165, 1.54) is 0 Å². The number of hydrogen-bond donors (Lipinski definition) is 1. The van der Waals surface area contributed by atoms with E-state index in [0.717, 1.165) is 48.9 Å². The standard InChI is InChI=1S/C26H32ClN5O3.ClH/c1-35-24-5-3-2-4-22(24)29-12-14-31(15-13-29)26(34)21-17-32(23-16-19(27)6-7-20(21)23)18-25(33)30-10-8-28-9-11-30;/h2-7,16,21,28H,8-15,17-18H2,1H3;1H. The minimum Gasteiger partial charge on any atom is -0.495 e. The topological polar surface area (TPSA) is 68.4 Å². The number of methoxy groups -OCH3 is 1. The molecule has 5 rings (SSSR count). The van der Waals surface area contributed by atoms with Crippen molar-refractivity contribution in [3.05, 3.63) is 53.1 Å². The third-order valence-corrected chi connectivity index (χ3v) is 7.46. The molecular formula is C26H33Cl2N5O3. The molecule has 2 aromatic rings. The van der Waals surface area contributed by atoms with Crippen LogP contribution in [0.25, 0.3) is 0 Å². The number of hydrogen-bond acceptors (Lipinski definition) is 6. The van der Waals surface area contributed by atoms with Crippen molar-refractivity contribution in [1.29, 1.82) is 0 Å². The van der Waals surface area contributed by atoms with Crippen LogP contribution in [0.1, 0.15) is 11.5 Å². The molecule has 0 spiro atoms. The monoisotopic (exact) mass is 533 g/mol. The number of ether oxygens (including phenoxy) is 1. The van der Waals surface area contributed by atoms with Crippen molar-refractivity contribution in [2.45, 2.75) is 5.92 Å². The summed E-state index contributed by atoms with van der Waals surface area (Å²) in [5, 5.41) is 3.89. The summed E-state index contributed by atoms with van der Waals surface area (Å²) < 4.78 is 5.52. The number of fused-ring (bicyclic) bond motifs is 1. The molecule has 2 aromatic carbocycles. The van der Waals surface area contributed by atoms with Gasteiger partial charge in [-0.1, -0.05) is 29.8 Å². The number of carbonyl (C=O) groups excluding carboxylic acids is 2. The maximum atomic E-state index is 13.7. The predicted molar refractivity (Wildman–Crippen MR) is 145 cm³/mol. The average molecular weight is 534 g/mol. The molecule has 194 valence electrons. The van der Waals surface area contributed by atoms with Crippen molar-refractivity contribution in [1.82, 2.24) is 15.1 Å². The molecule has 3 aliphatic rings. The smallest absolute Gasteiger partial charge is 0.242 e. The van der Waals surface area contributed by atoms with Crippen molar-refractivity contribution >= 4 is 47.2 Å². The van der Waals surface area contributed by atoms with Gasteiger partial charge in [0.1, 0.15) is 5.75 Å². The molecule has 2 fully saturated rings. The summed E-state index contributed by atoms with van der Waals surface area (Å²) in [6.45, 7) is 6.62. The Morgan fingerprint density at radius 2 is 1.69 bits per heavy atom. The van der Waals surface area contributed by atoms with E-state index in [2.05, 4.69) is 16.3 Å². The van der Waals surface area contributed by atoms with Crippen molar-refractivity contribution in [3.63, 3.8) is 0 Å². The molecule has 1 N–H and O–H groups in total. The second-order valence-electron chi connectivity index (χ2n) is 9.25. The number of halogens is 2. The highest BCUT2D eigenvalue weighted by Gasteiger charge is 2.38. The Morgan fingerprint density at radius 3 is 2.42 bits per heavy atom. The highest BCUT2D eigenvalue weighted by molar-refractivity contribution is 6.31. The fourth-order valence-corrected chi connectivity index (χ4v) is 5.49. The van der Waals surface area contributed by atoms with Crippen LogP contribution < -0.4 is 19.9 Å². The Hall–Kier alpha value is -2.68. The van der Waals surface area contributed by atoms with Gasteiger partial charge in [0.15, 0.2) is 0 Å². The van der Waals surface area contributed by atoms with Crippen LogP contribution in [0.2, 0.25) is 5.02 Å². The normalized spacial score (nSPS) is 19.6. The third kappa shape index (κ3) is 5.36. The Labute approximate surface area is 223 Å². The Morgan fingerprint density at radius 1 is 0.972 bits per heavy atom. The quantitative estimate of drug-likeness (QED) is 0.636. The molecule has 0 saturated carbocycles. The molecule has 0 bridgehead atoms. The number of para-hydroxylation sites is 2. The van der Waals surface area contributed by atoms with E-state index in [1.807, 2.05) is 51.1 Å². The summed E-state index contributed by atoms with van der Waals surface area (Å²) >= 11 is 6.31. The van der Waals surface area contributed by atoms with Gasteiger partial charge in [-0.25, -0.2) is 0 Å². The zero-order valence-electron chi connectivity index (χ0n) is 20.5. The van der Waals surface area contributed by atoms with Gasteiger partial charge in [-0.2, -0.15) is 0 Å². The second-order valence-corrected chi connectivity index (χ2v) is 9.69. The summed E-state index contributed by atoms with van der Waals surface area (Å²) in [6.07, 6.45) is 0. The van der Waals surface area contributed by atoms with Gasteiger partial charge in [0.25, 0.3) is 0 Å². The minimum atomic E-state index is -0.295. The largest absolute Gasteiger partial charge is 0.495 e. The number of nitrogens with one attached hydrogen (secondary N) is 1. The summed E-state index contributed by atoms with van der Waals surface area (Å²) in [7, 11) is 1.68. The minimum absolute atomic E-state index is 0. The first kappa shape index (κ1) is 26.4. The average Bonchev–Trinajstić information content (AvgIpc) is 3.26. The Kier molecular flexibility index (Phi) is 8.49. The molecule has 1 atom stereocenters. The highest BCUT2D eigenvalue weighted by Crippen LogP contribution is 2.39. The van der Waals surface area contributed by atoms with E-state index >= 15 is 0 Å². The van der Waals surface area contributed by atoms with Crippen LogP contribution >= 0.6 is 24.0 Å². The van der Waals surface area contributed by atoms with Gasteiger partial charge in [-0.05, 0) is 29.8 Å². The highest BCUT2D eigenvalue weighted by atomic mass is 35.5. The van der Waals surface area contributed by atoms with Gasteiger partial charge in [-0.15, -0.1) is 12.4 Å². The molecule has 36 heavy (non-hydrogen) atoms. The molecule has 2 amide bonds. The van der Waals surface area contributed by atoms with E-state index in [-0.39, 0.29) is 36.7 Å². The Balaban J connectivity index is 0.00000304. The molecular weight excluding hydrogens is 501 g/mol. The van der Waals surface area contributed by atoms with E-state index in [1.54, 1.807) is 7.11 Å². The van der Waals surface area contributed by atoms with Gasteiger partial charge < -0.3 is 29.7 Å². The second kappa shape index (κ2) is 11.6. The van der Waals surface area contributed by atoms with Crippen LogP contribution in [0.3, 0.4) is 0 Å². The lowest BCUT2D eigenvalue weighted by Crippen LogP contribution is -2.51. The van der Waals surface area contributed by atoms with Gasteiger partial charge >= 0.3 is 0 Å². The van der Waals surface area contributed by atoms with E-state index in [0.29, 0.717) is 37.7 Å². The lowest BCUT2D eigenvalue weighted by atomic mass is 9.99. The summed E-state index contributed by atoms with van der Waals surface area (Å²) in [6, 6.07) is 13.7. The van der Waals surface area contributed by atoms with E-state index < -0.39 is 0 Å². The molecule has 8 nitrogen and oxygen atoms in total. The number of benzene rings is 2.